The Morgan fingerprint density at radius 3 is 2.11 bits per heavy atom. The molecular formula is C63H48OS. The highest BCUT2D eigenvalue weighted by atomic mass is 32.1. The molecule has 2 aliphatic carbocycles. The van der Waals surface area contributed by atoms with Crippen molar-refractivity contribution in [2.45, 2.75) is 43.9 Å². The molecule has 2 heterocycles. The topological polar surface area (TPSA) is 13.1 Å². The number of furan rings is 1. The number of thiophene rings is 1. The summed E-state index contributed by atoms with van der Waals surface area (Å²) in [5, 5.41) is 7.63. The van der Waals surface area contributed by atoms with Crippen LogP contribution in [0.3, 0.4) is 0 Å². The Morgan fingerprint density at radius 2 is 1.35 bits per heavy atom. The molecule has 0 amide bonds. The van der Waals surface area contributed by atoms with Crippen LogP contribution >= 0.6 is 11.3 Å². The quantitative estimate of drug-likeness (QED) is 0.141. The van der Waals surface area contributed by atoms with Gasteiger partial charge in [0, 0.05) is 36.9 Å². The molecule has 0 N–H and O–H groups in total. The van der Waals surface area contributed by atoms with Crippen molar-refractivity contribution in [1.82, 2.24) is 0 Å². The minimum atomic E-state index is -0.636. The van der Waals surface area contributed by atoms with Crippen molar-refractivity contribution in [3.8, 4) is 0 Å². The summed E-state index contributed by atoms with van der Waals surface area (Å²) in [5.41, 5.74) is 15.0. The first-order chi connectivity index (χ1) is 32.1. The number of hydrogen-bond acceptors (Lipinski definition) is 2. The molecule has 1 unspecified atom stereocenters. The number of para-hydroxylation sites is 1. The second-order valence-corrected chi connectivity index (χ2v) is 18.8. The van der Waals surface area contributed by atoms with Crippen LogP contribution in [0, 0.1) is 0 Å². The molecule has 8 aromatic carbocycles. The SMILES string of the molecule is C=C1/C(=C\C(=C/C)c2ccc3c(c2)oc2ccccc23)C(c2ccccc2)(c2ccccc2)c2cc(CCC(C3=CC=CCC3)c3cccc4sc5ccccc5c34)c3ccccc3c21. The highest BCUT2D eigenvalue weighted by molar-refractivity contribution is 7.25. The molecule has 0 saturated carbocycles. The predicted octanol–water partition coefficient (Wildman–Crippen LogP) is 17.5. The van der Waals surface area contributed by atoms with E-state index in [4.69, 9.17) is 11.0 Å². The summed E-state index contributed by atoms with van der Waals surface area (Å²) in [4.78, 5) is 0. The lowest BCUT2D eigenvalue weighted by Gasteiger charge is -2.35. The Balaban J connectivity index is 1.06. The van der Waals surface area contributed by atoms with Crippen LogP contribution in [-0.2, 0) is 11.8 Å². The van der Waals surface area contributed by atoms with Gasteiger partial charge in [-0.1, -0.05) is 182 Å². The van der Waals surface area contributed by atoms with E-state index in [1.165, 1.54) is 75.5 Å². The van der Waals surface area contributed by atoms with Gasteiger partial charge in [0.05, 0.1) is 5.41 Å². The highest BCUT2D eigenvalue weighted by Crippen LogP contribution is 2.59. The van der Waals surface area contributed by atoms with Crippen LogP contribution in [0.2, 0.25) is 0 Å². The second kappa shape index (κ2) is 16.1. The van der Waals surface area contributed by atoms with Crippen LogP contribution in [0.4, 0.5) is 0 Å². The molecule has 0 fully saturated rings. The summed E-state index contributed by atoms with van der Waals surface area (Å²) in [5.74, 6) is 0.286. The van der Waals surface area contributed by atoms with Crippen LogP contribution in [-0.4, -0.2) is 0 Å². The van der Waals surface area contributed by atoms with Crippen LogP contribution in [0.5, 0.6) is 0 Å². The summed E-state index contributed by atoms with van der Waals surface area (Å²) in [6, 6.07) is 64.9. The Hall–Kier alpha value is -7.26. The van der Waals surface area contributed by atoms with Crippen LogP contribution in [0.15, 0.2) is 228 Å². The lowest BCUT2D eigenvalue weighted by molar-refractivity contribution is 0.669. The molecule has 1 nitrogen and oxygen atoms in total. The first-order valence-electron chi connectivity index (χ1n) is 23.0. The van der Waals surface area contributed by atoms with Gasteiger partial charge < -0.3 is 4.42 Å². The van der Waals surface area contributed by atoms with Gasteiger partial charge in [-0.25, -0.2) is 0 Å². The van der Waals surface area contributed by atoms with Crippen LogP contribution in [0.25, 0.3) is 64.0 Å². The summed E-state index contributed by atoms with van der Waals surface area (Å²) < 4.78 is 9.17. The average Bonchev–Trinajstić information content (AvgIpc) is 4.02. The number of rotatable bonds is 9. The van der Waals surface area contributed by atoms with Crippen molar-refractivity contribution in [2.75, 3.05) is 0 Å². The molecule has 2 heteroatoms. The van der Waals surface area contributed by atoms with Gasteiger partial charge in [0.25, 0.3) is 0 Å². The Bertz CT molecular complexity index is 3590. The van der Waals surface area contributed by atoms with Crippen LogP contribution < -0.4 is 0 Å². The number of aryl methyl sites for hydroxylation is 1. The van der Waals surface area contributed by atoms with Gasteiger partial charge in [-0.15, -0.1) is 11.3 Å². The first kappa shape index (κ1) is 39.3. The third kappa shape index (κ3) is 6.34. The van der Waals surface area contributed by atoms with Gasteiger partial charge in [-0.05, 0) is 135 Å². The molecule has 2 aliphatic rings. The maximum absolute atomic E-state index is 6.44. The minimum Gasteiger partial charge on any atom is -0.456 e. The lowest BCUT2D eigenvalue weighted by atomic mass is 9.66. The molecule has 10 aromatic rings. The zero-order valence-electron chi connectivity index (χ0n) is 36.6. The highest BCUT2D eigenvalue weighted by Gasteiger charge is 2.48. The molecule has 0 radical (unpaired) electrons. The van der Waals surface area contributed by atoms with E-state index in [1.807, 2.05) is 17.4 Å². The van der Waals surface area contributed by atoms with Crippen molar-refractivity contribution in [3.63, 3.8) is 0 Å². The Kier molecular flexibility index (Phi) is 9.73. The summed E-state index contributed by atoms with van der Waals surface area (Å²) >= 11 is 1.92. The van der Waals surface area contributed by atoms with Gasteiger partial charge in [0.2, 0.25) is 0 Å². The van der Waals surface area contributed by atoms with Crippen molar-refractivity contribution >= 4 is 75.4 Å². The van der Waals surface area contributed by atoms with Gasteiger partial charge in [0.1, 0.15) is 11.2 Å². The largest absolute Gasteiger partial charge is 0.456 e. The number of benzene rings is 8. The normalized spacial score (nSPS) is 16.0. The Labute approximate surface area is 384 Å². The smallest absolute Gasteiger partial charge is 0.136 e. The third-order valence-corrected chi connectivity index (χ3v) is 15.4. The monoisotopic (exact) mass is 852 g/mol. The lowest BCUT2D eigenvalue weighted by Crippen LogP contribution is -2.29. The van der Waals surface area contributed by atoms with Gasteiger partial charge >= 0.3 is 0 Å². The number of allylic oxidation sites excluding steroid dienone is 9. The molecule has 0 bridgehead atoms. The number of hydrogen-bond donors (Lipinski definition) is 0. The maximum atomic E-state index is 6.44. The van der Waals surface area contributed by atoms with Crippen molar-refractivity contribution in [2.24, 2.45) is 0 Å². The maximum Gasteiger partial charge on any atom is 0.136 e. The predicted molar refractivity (Wildman–Crippen MR) is 278 cm³/mol. The van der Waals surface area contributed by atoms with E-state index < -0.39 is 5.41 Å². The molecular weight excluding hydrogens is 805 g/mol. The fourth-order valence-corrected chi connectivity index (χ4v) is 12.5. The molecule has 0 spiro atoms. The molecule has 12 rings (SSSR count). The zero-order chi connectivity index (χ0) is 43.5. The molecule has 1 atom stereocenters. The molecule has 0 aliphatic heterocycles. The van der Waals surface area contributed by atoms with E-state index in [0.717, 1.165) is 64.3 Å². The van der Waals surface area contributed by atoms with E-state index in [9.17, 15) is 0 Å². The molecule has 2 aromatic heterocycles. The van der Waals surface area contributed by atoms with E-state index in [1.54, 1.807) is 0 Å². The van der Waals surface area contributed by atoms with E-state index in [0.29, 0.717) is 0 Å². The zero-order valence-corrected chi connectivity index (χ0v) is 37.4. The van der Waals surface area contributed by atoms with E-state index >= 15 is 0 Å². The first-order valence-corrected chi connectivity index (χ1v) is 23.8. The summed E-state index contributed by atoms with van der Waals surface area (Å²) in [6.45, 7) is 7.21. The van der Waals surface area contributed by atoms with E-state index in [-0.39, 0.29) is 5.92 Å². The fraction of sp³-hybridized carbons (Fsp3) is 0.111. The van der Waals surface area contributed by atoms with Gasteiger partial charge in [-0.3, -0.25) is 0 Å². The Morgan fingerprint density at radius 1 is 0.677 bits per heavy atom. The van der Waals surface area contributed by atoms with Gasteiger partial charge in [-0.2, -0.15) is 0 Å². The van der Waals surface area contributed by atoms with Crippen LogP contribution in [0.1, 0.15) is 71.0 Å². The van der Waals surface area contributed by atoms with E-state index in [2.05, 4.69) is 207 Å². The van der Waals surface area contributed by atoms with Crippen molar-refractivity contribution in [1.29, 1.82) is 0 Å². The standard InChI is InChI=1S/C63H48OS/c1-3-42(44-34-37-51-50-27-15-17-31-57(50)64-58(51)40-44)38-55-41(2)61-52-28-14-13-26-48(52)45(39-56(61)63(55,46-22-9-5-10-23-46)47-24-11-6-12-25-47)35-36-49(43-20-7-4-8-21-43)53-30-19-33-60-62(53)54-29-16-18-32-59(54)65-60/h3-7,9-20,22-34,37-40,49H,2,8,21,35-36H2,1H3/b42-3+,55-38+. The number of fused-ring (bicyclic) bond motifs is 9. The third-order valence-electron chi connectivity index (χ3n) is 14.3. The minimum absolute atomic E-state index is 0.286. The summed E-state index contributed by atoms with van der Waals surface area (Å²) in [6.07, 6.45) is 15.8. The molecule has 0 saturated heterocycles. The summed E-state index contributed by atoms with van der Waals surface area (Å²) in [7, 11) is 0. The van der Waals surface area contributed by atoms with Crippen molar-refractivity contribution in [3.05, 3.63) is 263 Å². The molecule has 65 heavy (non-hydrogen) atoms. The van der Waals surface area contributed by atoms with Crippen molar-refractivity contribution < 1.29 is 4.42 Å². The van der Waals surface area contributed by atoms with Gasteiger partial charge in [0.15, 0.2) is 0 Å². The molecule has 312 valence electrons. The average molecular weight is 853 g/mol. The second-order valence-electron chi connectivity index (χ2n) is 17.7. The fourth-order valence-electron chi connectivity index (χ4n) is 11.4.